The van der Waals surface area contributed by atoms with Crippen LogP contribution in [0.4, 0.5) is 0 Å². The monoisotopic (exact) mass is 272 g/mol. The average molecular weight is 272 g/mol. The van der Waals surface area contributed by atoms with Gasteiger partial charge in [-0.15, -0.1) is 0 Å². The maximum absolute atomic E-state index is 11.6. The van der Waals surface area contributed by atoms with E-state index in [0.29, 0.717) is 13.1 Å². The molecule has 20 heavy (non-hydrogen) atoms. The Hall–Kier alpha value is -2.14. The summed E-state index contributed by atoms with van der Waals surface area (Å²) in [7, 11) is 0. The van der Waals surface area contributed by atoms with E-state index in [1.807, 2.05) is 36.5 Å². The average Bonchev–Trinajstić information content (AvgIpc) is 2.95. The SMILES string of the molecule is CCCNCC(=O)NCc1cnn(-c2ccccc2)c1. The fraction of sp³-hybridized carbons (Fsp3) is 0.333. The van der Waals surface area contributed by atoms with Gasteiger partial charge < -0.3 is 10.6 Å². The minimum Gasteiger partial charge on any atom is -0.351 e. The van der Waals surface area contributed by atoms with Gasteiger partial charge in [0.15, 0.2) is 0 Å². The third kappa shape index (κ3) is 4.20. The van der Waals surface area contributed by atoms with Crippen LogP contribution in [-0.4, -0.2) is 28.8 Å². The second-order valence-electron chi connectivity index (χ2n) is 4.58. The van der Waals surface area contributed by atoms with E-state index in [1.165, 1.54) is 0 Å². The molecule has 0 fully saturated rings. The maximum Gasteiger partial charge on any atom is 0.234 e. The van der Waals surface area contributed by atoms with Gasteiger partial charge in [-0.2, -0.15) is 5.10 Å². The lowest BCUT2D eigenvalue weighted by Crippen LogP contribution is -2.33. The van der Waals surface area contributed by atoms with E-state index < -0.39 is 0 Å². The van der Waals surface area contributed by atoms with Gasteiger partial charge in [0.2, 0.25) is 5.91 Å². The molecule has 0 aliphatic heterocycles. The number of carbonyl (C=O) groups excluding carboxylic acids is 1. The van der Waals surface area contributed by atoms with Gasteiger partial charge in [-0.05, 0) is 25.1 Å². The zero-order valence-electron chi connectivity index (χ0n) is 11.7. The highest BCUT2D eigenvalue weighted by molar-refractivity contribution is 5.77. The van der Waals surface area contributed by atoms with Crippen LogP contribution in [0.1, 0.15) is 18.9 Å². The number of hydrogen-bond donors (Lipinski definition) is 2. The van der Waals surface area contributed by atoms with Gasteiger partial charge in [0.1, 0.15) is 0 Å². The molecular formula is C15H20N4O. The van der Waals surface area contributed by atoms with Crippen molar-refractivity contribution in [2.45, 2.75) is 19.9 Å². The molecule has 0 bridgehead atoms. The highest BCUT2D eigenvalue weighted by Gasteiger charge is 2.03. The molecule has 0 aliphatic carbocycles. The van der Waals surface area contributed by atoms with Gasteiger partial charge in [-0.25, -0.2) is 4.68 Å². The second-order valence-corrected chi connectivity index (χ2v) is 4.58. The number of carbonyl (C=O) groups is 1. The van der Waals surface area contributed by atoms with E-state index >= 15 is 0 Å². The topological polar surface area (TPSA) is 59.0 Å². The van der Waals surface area contributed by atoms with Crippen molar-refractivity contribution in [3.05, 3.63) is 48.3 Å². The molecule has 5 heteroatoms. The number of hydrogen-bond acceptors (Lipinski definition) is 3. The van der Waals surface area contributed by atoms with Crippen molar-refractivity contribution in [1.29, 1.82) is 0 Å². The van der Waals surface area contributed by atoms with Gasteiger partial charge >= 0.3 is 0 Å². The molecule has 0 saturated carbocycles. The van der Waals surface area contributed by atoms with E-state index in [-0.39, 0.29) is 5.91 Å². The Labute approximate surface area is 119 Å². The lowest BCUT2D eigenvalue weighted by atomic mass is 10.3. The van der Waals surface area contributed by atoms with Crippen LogP contribution in [0.3, 0.4) is 0 Å². The minimum atomic E-state index is 0.00547. The standard InChI is InChI=1S/C15H20N4O/c1-2-8-16-11-15(20)17-9-13-10-18-19(12-13)14-6-4-3-5-7-14/h3-7,10,12,16H,2,8-9,11H2,1H3,(H,17,20). The van der Waals surface area contributed by atoms with Gasteiger partial charge in [-0.1, -0.05) is 25.1 Å². The first-order chi connectivity index (χ1) is 9.79. The Morgan fingerprint density at radius 2 is 2.10 bits per heavy atom. The molecule has 2 N–H and O–H groups in total. The van der Waals surface area contributed by atoms with Crippen LogP contribution in [0.25, 0.3) is 5.69 Å². The van der Waals surface area contributed by atoms with Crippen LogP contribution in [0.15, 0.2) is 42.7 Å². The van der Waals surface area contributed by atoms with Gasteiger partial charge in [-0.3, -0.25) is 4.79 Å². The number of nitrogens with zero attached hydrogens (tertiary/aromatic N) is 2. The van der Waals surface area contributed by atoms with Crippen molar-refractivity contribution in [2.75, 3.05) is 13.1 Å². The lowest BCUT2D eigenvalue weighted by Gasteiger charge is -2.04. The lowest BCUT2D eigenvalue weighted by molar-refractivity contribution is -0.120. The second kappa shape index (κ2) is 7.45. The number of rotatable bonds is 7. The van der Waals surface area contributed by atoms with E-state index in [1.54, 1.807) is 10.9 Å². The number of benzene rings is 1. The zero-order chi connectivity index (χ0) is 14.2. The molecule has 0 saturated heterocycles. The van der Waals surface area contributed by atoms with Crippen molar-refractivity contribution in [3.63, 3.8) is 0 Å². The van der Waals surface area contributed by atoms with Crippen LogP contribution in [-0.2, 0) is 11.3 Å². The molecule has 106 valence electrons. The fourth-order valence-corrected chi connectivity index (χ4v) is 1.82. The van der Waals surface area contributed by atoms with Crippen LogP contribution in [0.2, 0.25) is 0 Å². The summed E-state index contributed by atoms with van der Waals surface area (Å²) in [6.07, 6.45) is 4.72. The zero-order valence-corrected chi connectivity index (χ0v) is 11.7. The molecular weight excluding hydrogens is 252 g/mol. The largest absolute Gasteiger partial charge is 0.351 e. The number of aromatic nitrogens is 2. The Bertz CT molecular complexity index is 536. The molecule has 1 aromatic carbocycles. The Kier molecular flexibility index (Phi) is 5.32. The minimum absolute atomic E-state index is 0.00547. The molecule has 1 amide bonds. The molecule has 1 heterocycles. The summed E-state index contributed by atoms with van der Waals surface area (Å²) in [6, 6.07) is 9.89. The molecule has 1 aromatic heterocycles. The third-order valence-electron chi connectivity index (χ3n) is 2.86. The van der Waals surface area contributed by atoms with Gasteiger partial charge in [0.25, 0.3) is 0 Å². The van der Waals surface area contributed by atoms with Crippen LogP contribution in [0.5, 0.6) is 0 Å². The van der Waals surface area contributed by atoms with E-state index in [2.05, 4.69) is 22.7 Å². The van der Waals surface area contributed by atoms with Crippen LogP contribution < -0.4 is 10.6 Å². The predicted molar refractivity (Wildman–Crippen MR) is 78.6 cm³/mol. The first kappa shape index (κ1) is 14.3. The molecule has 0 unspecified atom stereocenters. The summed E-state index contributed by atoms with van der Waals surface area (Å²) >= 11 is 0. The van der Waals surface area contributed by atoms with E-state index in [0.717, 1.165) is 24.2 Å². The molecule has 0 spiro atoms. The summed E-state index contributed by atoms with van der Waals surface area (Å²) in [6.45, 7) is 3.79. The normalized spacial score (nSPS) is 10.4. The molecule has 2 aromatic rings. The number of nitrogens with one attached hydrogen (secondary N) is 2. The number of para-hydroxylation sites is 1. The summed E-state index contributed by atoms with van der Waals surface area (Å²) in [4.78, 5) is 11.6. The third-order valence-corrected chi connectivity index (χ3v) is 2.86. The molecule has 0 radical (unpaired) electrons. The Morgan fingerprint density at radius 3 is 2.85 bits per heavy atom. The quantitative estimate of drug-likeness (QED) is 0.751. The van der Waals surface area contributed by atoms with E-state index in [4.69, 9.17) is 0 Å². The highest BCUT2D eigenvalue weighted by atomic mass is 16.1. The Morgan fingerprint density at radius 1 is 1.30 bits per heavy atom. The predicted octanol–water partition coefficient (Wildman–Crippen LogP) is 1.49. The number of amides is 1. The highest BCUT2D eigenvalue weighted by Crippen LogP contribution is 2.07. The first-order valence-corrected chi connectivity index (χ1v) is 6.86. The first-order valence-electron chi connectivity index (χ1n) is 6.86. The van der Waals surface area contributed by atoms with Crippen molar-refractivity contribution in [1.82, 2.24) is 20.4 Å². The summed E-state index contributed by atoms with van der Waals surface area (Å²) in [5.41, 5.74) is 1.99. The fourth-order valence-electron chi connectivity index (χ4n) is 1.82. The molecule has 0 atom stereocenters. The maximum atomic E-state index is 11.6. The van der Waals surface area contributed by atoms with Crippen LogP contribution in [0, 0.1) is 0 Å². The summed E-state index contributed by atoms with van der Waals surface area (Å²) < 4.78 is 1.80. The van der Waals surface area contributed by atoms with Crippen molar-refractivity contribution >= 4 is 5.91 Å². The molecule has 0 aliphatic rings. The summed E-state index contributed by atoms with van der Waals surface area (Å²) in [5.74, 6) is 0.00547. The smallest absolute Gasteiger partial charge is 0.234 e. The van der Waals surface area contributed by atoms with Crippen molar-refractivity contribution < 1.29 is 4.79 Å². The van der Waals surface area contributed by atoms with Crippen molar-refractivity contribution in [2.24, 2.45) is 0 Å². The van der Waals surface area contributed by atoms with Gasteiger partial charge in [0.05, 0.1) is 18.4 Å². The molecule has 5 nitrogen and oxygen atoms in total. The van der Waals surface area contributed by atoms with Gasteiger partial charge in [0, 0.05) is 18.3 Å². The van der Waals surface area contributed by atoms with Crippen molar-refractivity contribution in [3.8, 4) is 5.69 Å². The Balaban J connectivity index is 1.83. The molecule has 2 rings (SSSR count). The van der Waals surface area contributed by atoms with Crippen LogP contribution >= 0.6 is 0 Å². The summed E-state index contributed by atoms with van der Waals surface area (Å²) in [5, 5.41) is 10.2. The van der Waals surface area contributed by atoms with E-state index in [9.17, 15) is 4.79 Å².